The summed E-state index contributed by atoms with van der Waals surface area (Å²) in [5.41, 5.74) is -0.413. The number of hydrogen-bond acceptors (Lipinski definition) is 6. The van der Waals surface area contributed by atoms with Gasteiger partial charge in [0.2, 0.25) is 0 Å². The molecule has 21 heavy (non-hydrogen) atoms. The lowest BCUT2D eigenvalue weighted by Gasteiger charge is -2.03. The molecular weight excluding hydrogens is 294 g/mol. The average Bonchev–Trinajstić information content (AvgIpc) is 2.47. The molecule has 0 fully saturated rings. The maximum Gasteiger partial charge on any atom is 0.354 e. The Balaban J connectivity index is 2.34. The van der Waals surface area contributed by atoms with Crippen molar-refractivity contribution < 1.29 is 14.8 Å². The number of aromatic nitrogens is 1. The van der Waals surface area contributed by atoms with E-state index in [0.717, 1.165) is 11.8 Å². The number of aromatic carboxylic acids is 1. The predicted molar refractivity (Wildman–Crippen MR) is 73.1 cm³/mol. The topological polar surface area (TPSA) is 117 Å². The van der Waals surface area contributed by atoms with Crippen molar-refractivity contribution in [1.29, 1.82) is 5.26 Å². The Morgan fingerprint density at radius 2 is 2.05 bits per heavy atom. The summed E-state index contributed by atoms with van der Waals surface area (Å²) in [4.78, 5) is 25.9. The number of nitriles is 1. The second kappa shape index (κ2) is 6.02. The van der Waals surface area contributed by atoms with E-state index in [0.29, 0.717) is 9.79 Å². The van der Waals surface area contributed by atoms with Crippen molar-refractivity contribution in [3.05, 3.63) is 57.9 Å². The molecule has 0 aliphatic heterocycles. The van der Waals surface area contributed by atoms with Crippen LogP contribution >= 0.6 is 11.8 Å². The Hall–Kier alpha value is -2.92. The molecule has 1 aromatic heterocycles. The minimum absolute atomic E-state index is 0.0229. The molecule has 2 rings (SSSR count). The lowest BCUT2D eigenvalue weighted by atomic mass is 10.2. The van der Waals surface area contributed by atoms with Crippen LogP contribution in [0.2, 0.25) is 0 Å². The van der Waals surface area contributed by atoms with Crippen LogP contribution in [0, 0.1) is 21.4 Å². The predicted octanol–water partition coefficient (Wildman–Crippen LogP) is 2.71. The molecule has 0 bridgehead atoms. The van der Waals surface area contributed by atoms with Gasteiger partial charge in [0.1, 0.15) is 17.3 Å². The number of pyridine rings is 1. The van der Waals surface area contributed by atoms with Crippen molar-refractivity contribution >= 4 is 23.4 Å². The van der Waals surface area contributed by atoms with Gasteiger partial charge in [-0.3, -0.25) is 10.1 Å². The molecule has 0 unspecified atom stereocenters. The van der Waals surface area contributed by atoms with E-state index in [1.165, 1.54) is 24.4 Å². The molecule has 1 aromatic carbocycles. The summed E-state index contributed by atoms with van der Waals surface area (Å²) in [7, 11) is 0. The molecule has 2 aromatic rings. The average molecular weight is 301 g/mol. The normalized spacial score (nSPS) is 9.86. The molecule has 0 saturated heterocycles. The van der Waals surface area contributed by atoms with Gasteiger partial charge in [-0.2, -0.15) is 5.26 Å². The van der Waals surface area contributed by atoms with Crippen molar-refractivity contribution in [2.75, 3.05) is 0 Å². The van der Waals surface area contributed by atoms with Gasteiger partial charge in [0.25, 0.3) is 5.69 Å². The molecule has 0 atom stereocenters. The number of carboxylic acid groups (broad SMARTS) is 1. The Labute approximate surface area is 123 Å². The number of carbonyl (C=O) groups is 1. The summed E-state index contributed by atoms with van der Waals surface area (Å²) in [5, 5.41) is 28.6. The van der Waals surface area contributed by atoms with Crippen LogP contribution in [0.5, 0.6) is 0 Å². The minimum atomic E-state index is -1.15. The van der Waals surface area contributed by atoms with Crippen molar-refractivity contribution in [1.82, 2.24) is 4.98 Å². The first-order chi connectivity index (χ1) is 10.0. The molecule has 0 aliphatic rings. The van der Waals surface area contributed by atoms with Gasteiger partial charge in [-0.25, -0.2) is 9.78 Å². The van der Waals surface area contributed by atoms with E-state index in [9.17, 15) is 14.9 Å². The van der Waals surface area contributed by atoms with Gasteiger partial charge < -0.3 is 5.11 Å². The summed E-state index contributed by atoms with van der Waals surface area (Å²) < 4.78 is 0. The van der Waals surface area contributed by atoms with E-state index >= 15 is 0 Å². The van der Waals surface area contributed by atoms with Gasteiger partial charge in [-0.05, 0) is 24.3 Å². The molecule has 1 N–H and O–H groups in total. The Morgan fingerprint density at radius 1 is 1.33 bits per heavy atom. The third-order valence-corrected chi connectivity index (χ3v) is 3.45. The Morgan fingerprint density at radius 3 is 2.67 bits per heavy atom. The zero-order valence-electron chi connectivity index (χ0n) is 10.4. The van der Waals surface area contributed by atoms with Crippen LogP contribution < -0.4 is 0 Å². The fraction of sp³-hybridized carbons (Fsp3) is 0. The standard InChI is InChI=1S/C13H7N3O4S/c14-7-8-1-2-9(6-12(8)16(19)20)21-10-3-4-15-11(5-10)13(17)18/h1-6H,(H,17,18). The summed E-state index contributed by atoms with van der Waals surface area (Å²) >= 11 is 1.15. The Bertz CT molecular complexity index is 770. The number of benzene rings is 1. The molecule has 0 aliphatic carbocycles. The summed E-state index contributed by atoms with van der Waals surface area (Å²) in [5.74, 6) is -1.15. The fourth-order valence-corrected chi connectivity index (χ4v) is 2.43. The van der Waals surface area contributed by atoms with Gasteiger partial charge >= 0.3 is 5.97 Å². The van der Waals surface area contributed by atoms with E-state index in [-0.39, 0.29) is 16.9 Å². The lowest BCUT2D eigenvalue weighted by Crippen LogP contribution is -1.99. The highest BCUT2D eigenvalue weighted by atomic mass is 32.2. The molecule has 104 valence electrons. The van der Waals surface area contributed by atoms with Crippen molar-refractivity contribution in [3.8, 4) is 6.07 Å². The van der Waals surface area contributed by atoms with E-state index in [2.05, 4.69) is 4.98 Å². The van der Waals surface area contributed by atoms with Gasteiger partial charge in [0.05, 0.1) is 4.92 Å². The van der Waals surface area contributed by atoms with Crippen LogP contribution in [0.3, 0.4) is 0 Å². The minimum Gasteiger partial charge on any atom is -0.477 e. The second-order valence-electron chi connectivity index (χ2n) is 3.83. The van der Waals surface area contributed by atoms with E-state index in [1.807, 2.05) is 0 Å². The quantitative estimate of drug-likeness (QED) is 0.681. The molecule has 8 heteroatoms. The molecule has 0 radical (unpaired) electrons. The number of nitro benzene ring substituents is 1. The van der Waals surface area contributed by atoms with Crippen LogP contribution in [0.25, 0.3) is 0 Å². The zero-order valence-corrected chi connectivity index (χ0v) is 11.2. The van der Waals surface area contributed by atoms with Crippen molar-refractivity contribution in [3.63, 3.8) is 0 Å². The number of rotatable bonds is 4. The smallest absolute Gasteiger partial charge is 0.354 e. The molecular formula is C13H7N3O4S. The van der Waals surface area contributed by atoms with Crippen LogP contribution in [0.4, 0.5) is 5.69 Å². The van der Waals surface area contributed by atoms with Gasteiger partial charge in [-0.1, -0.05) is 11.8 Å². The third kappa shape index (κ3) is 3.34. The highest BCUT2D eigenvalue weighted by molar-refractivity contribution is 7.99. The van der Waals surface area contributed by atoms with Crippen LogP contribution in [-0.2, 0) is 0 Å². The maximum absolute atomic E-state index is 10.9. The second-order valence-corrected chi connectivity index (χ2v) is 4.98. The first-order valence-corrected chi connectivity index (χ1v) is 6.38. The Kier molecular flexibility index (Phi) is 4.15. The van der Waals surface area contributed by atoms with Crippen molar-refractivity contribution in [2.45, 2.75) is 9.79 Å². The van der Waals surface area contributed by atoms with Gasteiger partial charge in [0, 0.05) is 22.1 Å². The number of hydrogen-bond donors (Lipinski definition) is 1. The van der Waals surface area contributed by atoms with E-state index < -0.39 is 10.9 Å². The highest BCUT2D eigenvalue weighted by Gasteiger charge is 2.15. The van der Waals surface area contributed by atoms with Gasteiger partial charge in [0.15, 0.2) is 0 Å². The van der Waals surface area contributed by atoms with Gasteiger partial charge in [-0.15, -0.1) is 0 Å². The van der Waals surface area contributed by atoms with E-state index in [4.69, 9.17) is 10.4 Å². The third-order valence-electron chi connectivity index (χ3n) is 2.47. The zero-order chi connectivity index (χ0) is 15.4. The number of nitrogens with zero attached hydrogens (tertiary/aromatic N) is 3. The number of carboxylic acids is 1. The summed E-state index contributed by atoms with van der Waals surface area (Å²) in [6.07, 6.45) is 1.35. The molecule has 0 amide bonds. The SMILES string of the molecule is N#Cc1ccc(Sc2ccnc(C(=O)O)c2)cc1[N+](=O)[O-]. The van der Waals surface area contributed by atoms with Crippen LogP contribution in [0.15, 0.2) is 46.3 Å². The maximum atomic E-state index is 10.9. The monoisotopic (exact) mass is 301 g/mol. The van der Waals surface area contributed by atoms with Crippen LogP contribution in [0.1, 0.15) is 16.1 Å². The molecule has 0 saturated carbocycles. The fourth-order valence-electron chi connectivity index (χ4n) is 1.55. The van der Waals surface area contributed by atoms with Crippen molar-refractivity contribution in [2.24, 2.45) is 0 Å². The first kappa shape index (κ1) is 14.5. The summed E-state index contributed by atoms with van der Waals surface area (Å²) in [6, 6.07) is 8.93. The lowest BCUT2D eigenvalue weighted by molar-refractivity contribution is -0.385. The highest BCUT2D eigenvalue weighted by Crippen LogP contribution is 2.31. The largest absolute Gasteiger partial charge is 0.477 e. The van der Waals surface area contributed by atoms with E-state index in [1.54, 1.807) is 18.2 Å². The van der Waals surface area contributed by atoms with Crippen LogP contribution in [-0.4, -0.2) is 21.0 Å². The molecule has 1 heterocycles. The molecule has 0 spiro atoms. The molecule has 7 nitrogen and oxygen atoms in total. The summed E-state index contributed by atoms with van der Waals surface area (Å²) in [6.45, 7) is 0. The number of nitro groups is 1. The first-order valence-electron chi connectivity index (χ1n) is 5.57.